The molecule has 3 heteroatoms. The largest absolute Gasteiger partial charge is 0.391 e. The number of aryl methyl sites for hydroxylation is 1. The van der Waals surface area contributed by atoms with Gasteiger partial charge in [0.15, 0.2) is 0 Å². The average Bonchev–Trinajstić information content (AvgIpc) is 2.46. The first-order valence-electron chi connectivity index (χ1n) is 7.80. The van der Waals surface area contributed by atoms with Gasteiger partial charge in [0.25, 0.3) is 0 Å². The molecule has 2 atom stereocenters. The molecule has 1 aromatic rings. The van der Waals surface area contributed by atoms with Crippen molar-refractivity contribution in [2.24, 2.45) is 0 Å². The molecule has 1 N–H and O–H groups in total. The van der Waals surface area contributed by atoms with Crippen LogP contribution in [-0.2, 0) is 6.42 Å². The van der Waals surface area contributed by atoms with Crippen LogP contribution in [0.3, 0.4) is 0 Å². The molecule has 3 nitrogen and oxygen atoms in total. The predicted octanol–water partition coefficient (Wildman–Crippen LogP) is 2.83. The lowest BCUT2D eigenvalue weighted by atomic mass is 9.84. The van der Waals surface area contributed by atoms with Gasteiger partial charge in [-0.15, -0.1) is 0 Å². The normalized spacial score (nSPS) is 21.9. The minimum atomic E-state index is -0.251. The van der Waals surface area contributed by atoms with Crippen LogP contribution in [0.5, 0.6) is 0 Å². The second-order valence-corrected chi connectivity index (χ2v) is 5.93. The van der Waals surface area contributed by atoms with Crippen molar-refractivity contribution in [1.82, 2.24) is 4.90 Å². The van der Waals surface area contributed by atoms with Crippen LogP contribution in [0.25, 0.3) is 0 Å². The number of hydrogen-bond acceptors (Lipinski definition) is 3. The minimum Gasteiger partial charge on any atom is -0.391 e. The molecule has 0 amide bonds. The first kappa shape index (κ1) is 15.3. The van der Waals surface area contributed by atoms with Gasteiger partial charge in [-0.05, 0) is 56.1 Å². The zero-order chi connectivity index (χ0) is 14.7. The molecule has 0 spiro atoms. The summed E-state index contributed by atoms with van der Waals surface area (Å²) in [6, 6.07) is 6.89. The maximum Gasteiger partial charge on any atom is 0.0740 e. The molecular weight excluding hydrogens is 248 g/mol. The molecule has 2 rings (SSSR count). The van der Waals surface area contributed by atoms with Gasteiger partial charge >= 0.3 is 0 Å². The number of likely N-dealkylation sites (N-methyl/N-ethyl adjacent to an activating group) is 1. The van der Waals surface area contributed by atoms with E-state index in [1.54, 1.807) is 0 Å². The summed E-state index contributed by atoms with van der Waals surface area (Å²) in [5, 5.41) is 10.4. The number of nitrogens with zero attached hydrogens (tertiary/aromatic N) is 2. The molecule has 112 valence electrons. The van der Waals surface area contributed by atoms with Crippen LogP contribution in [-0.4, -0.2) is 43.3 Å². The SMILES string of the molecule is CCCN(C)c1ccc2c(c1)C(N(C)CC)C(O)CC2. The molecule has 0 radical (unpaired) electrons. The Morgan fingerprint density at radius 2 is 2.00 bits per heavy atom. The topological polar surface area (TPSA) is 26.7 Å². The van der Waals surface area contributed by atoms with E-state index in [-0.39, 0.29) is 12.1 Å². The number of anilines is 1. The fourth-order valence-corrected chi connectivity index (χ4v) is 3.18. The molecular formula is C17H28N2O. The summed E-state index contributed by atoms with van der Waals surface area (Å²) in [5.41, 5.74) is 3.97. The van der Waals surface area contributed by atoms with Gasteiger partial charge in [-0.3, -0.25) is 4.90 Å². The van der Waals surface area contributed by atoms with Crippen LogP contribution >= 0.6 is 0 Å². The average molecular weight is 276 g/mol. The Kier molecular flexibility index (Phi) is 5.06. The van der Waals surface area contributed by atoms with Crippen molar-refractivity contribution in [1.29, 1.82) is 0 Å². The number of rotatable bonds is 5. The molecule has 0 fully saturated rings. The minimum absolute atomic E-state index is 0.138. The van der Waals surface area contributed by atoms with Crippen LogP contribution in [0.15, 0.2) is 18.2 Å². The maximum atomic E-state index is 10.4. The fraction of sp³-hybridized carbons (Fsp3) is 0.647. The van der Waals surface area contributed by atoms with Crippen LogP contribution in [0.4, 0.5) is 5.69 Å². The smallest absolute Gasteiger partial charge is 0.0740 e. The van der Waals surface area contributed by atoms with Gasteiger partial charge in [0.1, 0.15) is 0 Å². The quantitative estimate of drug-likeness (QED) is 0.896. The van der Waals surface area contributed by atoms with Gasteiger partial charge in [-0.2, -0.15) is 0 Å². The van der Waals surface area contributed by atoms with Crippen LogP contribution in [0.1, 0.15) is 43.9 Å². The number of benzene rings is 1. The van der Waals surface area contributed by atoms with Gasteiger partial charge in [0.2, 0.25) is 0 Å². The molecule has 0 bridgehead atoms. The Morgan fingerprint density at radius 1 is 1.25 bits per heavy atom. The molecule has 0 saturated carbocycles. The van der Waals surface area contributed by atoms with Gasteiger partial charge in [0, 0.05) is 19.3 Å². The van der Waals surface area contributed by atoms with Gasteiger partial charge in [0.05, 0.1) is 12.1 Å². The lowest BCUT2D eigenvalue weighted by Gasteiger charge is -2.37. The summed E-state index contributed by atoms with van der Waals surface area (Å²) in [5.74, 6) is 0. The highest BCUT2D eigenvalue weighted by Crippen LogP contribution is 2.36. The summed E-state index contributed by atoms with van der Waals surface area (Å²) in [4.78, 5) is 4.55. The fourth-order valence-electron chi connectivity index (χ4n) is 3.18. The summed E-state index contributed by atoms with van der Waals surface area (Å²) in [7, 11) is 4.24. The second kappa shape index (κ2) is 6.59. The first-order valence-corrected chi connectivity index (χ1v) is 7.80. The third-order valence-electron chi connectivity index (χ3n) is 4.50. The van der Waals surface area contributed by atoms with Gasteiger partial charge in [-0.25, -0.2) is 0 Å². The highest BCUT2D eigenvalue weighted by molar-refractivity contribution is 5.52. The molecule has 0 aromatic heterocycles. The summed E-state index contributed by atoms with van der Waals surface area (Å²) in [6.07, 6.45) is 2.75. The molecule has 0 heterocycles. The van der Waals surface area contributed by atoms with E-state index in [1.165, 1.54) is 16.8 Å². The monoisotopic (exact) mass is 276 g/mol. The van der Waals surface area contributed by atoms with Gasteiger partial charge < -0.3 is 10.0 Å². The van der Waals surface area contributed by atoms with Crippen LogP contribution in [0.2, 0.25) is 0 Å². The number of fused-ring (bicyclic) bond motifs is 1. The van der Waals surface area contributed by atoms with E-state index in [1.807, 2.05) is 0 Å². The molecule has 1 aliphatic rings. The Balaban J connectivity index is 2.35. The Labute approximate surface area is 123 Å². The third-order valence-corrected chi connectivity index (χ3v) is 4.50. The Bertz CT molecular complexity index is 447. The van der Waals surface area contributed by atoms with Crippen LogP contribution in [0, 0.1) is 0 Å². The molecule has 0 aliphatic heterocycles. The lowest BCUT2D eigenvalue weighted by Crippen LogP contribution is -2.37. The Hall–Kier alpha value is -1.06. The van der Waals surface area contributed by atoms with E-state index in [0.29, 0.717) is 0 Å². The molecule has 20 heavy (non-hydrogen) atoms. The van der Waals surface area contributed by atoms with Crippen molar-refractivity contribution >= 4 is 5.69 Å². The Morgan fingerprint density at radius 3 is 2.65 bits per heavy atom. The predicted molar refractivity (Wildman–Crippen MR) is 85.4 cm³/mol. The zero-order valence-corrected chi connectivity index (χ0v) is 13.3. The highest BCUT2D eigenvalue weighted by atomic mass is 16.3. The lowest BCUT2D eigenvalue weighted by molar-refractivity contribution is 0.0517. The summed E-state index contributed by atoms with van der Waals surface area (Å²) in [6.45, 7) is 6.37. The van der Waals surface area contributed by atoms with E-state index in [4.69, 9.17) is 0 Å². The van der Waals surface area contributed by atoms with Crippen molar-refractivity contribution in [3.8, 4) is 0 Å². The maximum absolute atomic E-state index is 10.4. The molecule has 1 aliphatic carbocycles. The van der Waals surface area contributed by atoms with E-state index in [9.17, 15) is 5.11 Å². The van der Waals surface area contributed by atoms with E-state index in [2.05, 4.69) is 55.9 Å². The zero-order valence-electron chi connectivity index (χ0n) is 13.3. The third kappa shape index (κ3) is 2.99. The van der Waals surface area contributed by atoms with Crippen molar-refractivity contribution < 1.29 is 5.11 Å². The van der Waals surface area contributed by atoms with Crippen molar-refractivity contribution in [2.45, 2.75) is 45.3 Å². The molecule has 2 unspecified atom stereocenters. The van der Waals surface area contributed by atoms with E-state index >= 15 is 0 Å². The number of aliphatic hydroxyl groups excluding tert-OH is 1. The number of hydrogen-bond donors (Lipinski definition) is 1. The van der Waals surface area contributed by atoms with Crippen molar-refractivity contribution in [3.05, 3.63) is 29.3 Å². The summed E-state index contributed by atoms with van der Waals surface area (Å²) < 4.78 is 0. The van der Waals surface area contributed by atoms with Gasteiger partial charge in [-0.1, -0.05) is 19.9 Å². The summed E-state index contributed by atoms with van der Waals surface area (Å²) >= 11 is 0. The van der Waals surface area contributed by atoms with Crippen LogP contribution < -0.4 is 4.90 Å². The molecule has 0 saturated heterocycles. The number of aliphatic hydroxyl groups is 1. The van der Waals surface area contributed by atoms with E-state index < -0.39 is 0 Å². The second-order valence-electron chi connectivity index (χ2n) is 5.93. The highest BCUT2D eigenvalue weighted by Gasteiger charge is 2.30. The molecule has 1 aromatic carbocycles. The first-order chi connectivity index (χ1) is 9.58. The van der Waals surface area contributed by atoms with Crippen molar-refractivity contribution in [2.75, 3.05) is 32.1 Å². The van der Waals surface area contributed by atoms with E-state index in [0.717, 1.165) is 32.4 Å². The van der Waals surface area contributed by atoms with Crippen molar-refractivity contribution in [3.63, 3.8) is 0 Å². The standard InChI is InChI=1S/C17H28N2O/c1-5-11-19(4)14-9-7-13-8-10-16(20)17(15(13)12-14)18(3)6-2/h7,9,12,16-17,20H,5-6,8,10-11H2,1-4H3.